The molecule has 7 heteroatoms. The Labute approximate surface area is 142 Å². The number of likely N-dealkylation sites (tertiary alicyclic amines) is 1. The van der Waals surface area contributed by atoms with Crippen molar-refractivity contribution in [2.24, 2.45) is 0 Å². The highest BCUT2D eigenvalue weighted by Gasteiger charge is 2.24. The van der Waals surface area contributed by atoms with Crippen molar-refractivity contribution in [3.05, 3.63) is 36.5 Å². The summed E-state index contributed by atoms with van der Waals surface area (Å²) in [5.74, 6) is 0.508. The fraction of sp³-hybridized carbons (Fsp3) is 0.471. The lowest BCUT2D eigenvalue weighted by molar-refractivity contribution is 0.0860. The van der Waals surface area contributed by atoms with Gasteiger partial charge in [0.15, 0.2) is 0 Å². The quantitative estimate of drug-likeness (QED) is 0.779. The van der Waals surface area contributed by atoms with E-state index in [2.05, 4.69) is 22.2 Å². The Bertz CT molecular complexity index is 583. The Kier molecular flexibility index (Phi) is 6.60. The molecule has 1 aliphatic rings. The normalized spacial score (nSPS) is 14.8. The highest BCUT2D eigenvalue weighted by atomic mass is 16.6. The molecule has 0 bridgehead atoms. The number of nitrogens with one attached hydrogen (secondary N) is 2. The molecular weight excluding hydrogens is 308 g/mol. The number of ether oxygens (including phenoxy) is 1. The van der Waals surface area contributed by atoms with E-state index in [1.54, 1.807) is 36.2 Å². The second kappa shape index (κ2) is 8.90. The highest BCUT2D eigenvalue weighted by Crippen LogP contribution is 2.13. The molecule has 1 aromatic rings. The molecule has 7 nitrogen and oxygen atoms in total. The number of aromatic nitrogens is 1. The average molecular weight is 332 g/mol. The summed E-state index contributed by atoms with van der Waals surface area (Å²) in [4.78, 5) is 29.9. The average Bonchev–Trinajstić information content (AvgIpc) is 2.61. The molecule has 0 saturated carbocycles. The van der Waals surface area contributed by atoms with Gasteiger partial charge in [0.25, 0.3) is 5.91 Å². The van der Waals surface area contributed by atoms with Crippen molar-refractivity contribution in [3.8, 4) is 0 Å². The maximum absolute atomic E-state index is 12.4. The first-order chi connectivity index (χ1) is 11.6. The molecule has 0 aromatic carbocycles. The molecule has 1 saturated heterocycles. The lowest BCUT2D eigenvalue weighted by atomic mass is 10.0. The van der Waals surface area contributed by atoms with Crippen LogP contribution in [0.4, 0.5) is 10.6 Å². The molecule has 24 heavy (non-hydrogen) atoms. The van der Waals surface area contributed by atoms with Crippen molar-refractivity contribution in [2.75, 3.05) is 31.6 Å². The Morgan fingerprint density at radius 1 is 1.46 bits per heavy atom. The first-order valence-electron chi connectivity index (χ1n) is 8.17. The van der Waals surface area contributed by atoms with Gasteiger partial charge in [-0.2, -0.15) is 0 Å². The lowest BCUT2D eigenvalue weighted by Gasteiger charge is -2.31. The van der Waals surface area contributed by atoms with Crippen molar-refractivity contribution >= 4 is 17.8 Å². The molecule has 2 amide bonds. The van der Waals surface area contributed by atoms with Gasteiger partial charge in [-0.1, -0.05) is 6.08 Å². The van der Waals surface area contributed by atoms with Crippen molar-refractivity contribution < 1.29 is 14.3 Å². The van der Waals surface area contributed by atoms with Crippen LogP contribution in [0, 0.1) is 0 Å². The number of hydrogen-bond acceptors (Lipinski definition) is 5. The SMILES string of the molecule is C=CCNc1cc(C(=O)NC2CCN(C(=O)OCC)CC2)ccn1. The third-order valence-corrected chi connectivity index (χ3v) is 3.81. The van der Waals surface area contributed by atoms with Gasteiger partial charge in [0.2, 0.25) is 0 Å². The van der Waals surface area contributed by atoms with Crippen LogP contribution in [-0.2, 0) is 4.74 Å². The van der Waals surface area contributed by atoms with Crippen molar-refractivity contribution in [3.63, 3.8) is 0 Å². The van der Waals surface area contributed by atoms with Gasteiger partial charge in [0, 0.05) is 37.4 Å². The summed E-state index contributed by atoms with van der Waals surface area (Å²) in [6.07, 6.45) is 4.48. The number of anilines is 1. The Balaban J connectivity index is 1.85. The number of hydrogen-bond donors (Lipinski definition) is 2. The van der Waals surface area contributed by atoms with E-state index in [1.165, 1.54) is 0 Å². The summed E-state index contributed by atoms with van der Waals surface area (Å²) in [7, 11) is 0. The van der Waals surface area contributed by atoms with Gasteiger partial charge in [-0.25, -0.2) is 9.78 Å². The molecule has 0 radical (unpaired) electrons. The van der Waals surface area contributed by atoms with Crippen molar-refractivity contribution in [1.82, 2.24) is 15.2 Å². The number of carbonyl (C=O) groups excluding carboxylic acids is 2. The number of pyridine rings is 1. The first-order valence-corrected chi connectivity index (χ1v) is 8.17. The fourth-order valence-electron chi connectivity index (χ4n) is 2.54. The summed E-state index contributed by atoms with van der Waals surface area (Å²) < 4.78 is 4.99. The van der Waals surface area contributed by atoms with Crippen molar-refractivity contribution in [1.29, 1.82) is 0 Å². The predicted octanol–water partition coefficient (Wildman–Crippen LogP) is 2.03. The van der Waals surface area contributed by atoms with Crippen LogP contribution in [0.15, 0.2) is 31.0 Å². The standard InChI is InChI=1S/C17H24N4O3/c1-3-8-18-15-12-13(5-9-19-15)16(22)20-14-6-10-21(11-7-14)17(23)24-4-2/h3,5,9,12,14H,1,4,6-8,10-11H2,2H3,(H,18,19)(H,20,22). The lowest BCUT2D eigenvalue weighted by Crippen LogP contribution is -2.46. The molecule has 2 N–H and O–H groups in total. The zero-order chi connectivity index (χ0) is 17.4. The van der Waals surface area contributed by atoms with E-state index in [9.17, 15) is 9.59 Å². The number of amides is 2. The predicted molar refractivity (Wildman–Crippen MR) is 92.0 cm³/mol. The molecule has 2 rings (SSSR count). The van der Waals surface area contributed by atoms with Gasteiger partial charge in [-0.15, -0.1) is 6.58 Å². The fourth-order valence-corrected chi connectivity index (χ4v) is 2.54. The molecule has 2 heterocycles. The van der Waals surface area contributed by atoms with Gasteiger partial charge < -0.3 is 20.3 Å². The minimum absolute atomic E-state index is 0.0564. The molecule has 130 valence electrons. The number of rotatable bonds is 6. The van der Waals surface area contributed by atoms with Gasteiger partial charge in [-0.05, 0) is 31.9 Å². The van der Waals surface area contributed by atoms with Gasteiger partial charge in [0.1, 0.15) is 5.82 Å². The van der Waals surface area contributed by atoms with Gasteiger partial charge in [-0.3, -0.25) is 4.79 Å². The number of carbonyl (C=O) groups is 2. The minimum Gasteiger partial charge on any atom is -0.450 e. The number of nitrogens with zero attached hydrogens (tertiary/aromatic N) is 2. The monoisotopic (exact) mass is 332 g/mol. The summed E-state index contributed by atoms with van der Waals surface area (Å²) in [6, 6.07) is 3.45. The smallest absolute Gasteiger partial charge is 0.409 e. The van der Waals surface area contributed by atoms with E-state index in [0.717, 1.165) is 12.8 Å². The summed E-state index contributed by atoms with van der Waals surface area (Å²) in [5, 5.41) is 6.07. The van der Waals surface area contributed by atoms with Crippen molar-refractivity contribution in [2.45, 2.75) is 25.8 Å². The largest absolute Gasteiger partial charge is 0.450 e. The van der Waals surface area contributed by atoms with E-state index in [1.807, 2.05) is 0 Å². The molecule has 0 atom stereocenters. The van der Waals surface area contributed by atoms with E-state index in [4.69, 9.17) is 4.74 Å². The third kappa shape index (κ3) is 4.97. The van der Waals surface area contributed by atoms with Crippen LogP contribution >= 0.6 is 0 Å². The topological polar surface area (TPSA) is 83.6 Å². The number of piperidine rings is 1. The molecular formula is C17H24N4O3. The molecule has 1 aromatic heterocycles. The van der Waals surface area contributed by atoms with E-state index in [-0.39, 0.29) is 18.0 Å². The van der Waals surface area contributed by atoms with Gasteiger partial charge >= 0.3 is 6.09 Å². The molecule has 1 aliphatic heterocycles. The Morgan fingerprint density at radius 2 is 2.21 bits per heavy atom. The molecule has 1 fully saturated rings. The zero-order valence-electron chi connectivity index (χ0n) is 14.0. The molecule has 0 spiro atoms. The maximum Gasteiger partial charge on any atom is 0.409 e. The molecule has 0 aliphatic carbocycles. The van der Waals surface area contributed by atoms with E-state index >= 15 is 0 Å². The van der Waals surface area contributed by atoms with Crippen LogP contribution in [0.3, 0.4) is 0 Å². The van der Waals surface area contributed by atoms with E-state index in [0.29, 0.717) is 37.6 Å². The van der Waals surface area contributed by atoms with Crippen LogP contribution < -0.4 is 10.6 Å². The summed E-state index contributed by atoms with van der Waals surface area (Å²) >= 11 is 0. The Hall–Kier alpha value is -2.57. The van der Waals surface area contributed by atoms with Crippen LogP contribution in [0.25, 0.3) is 0 Å². The van der Waals surface area contributed by atoms with Gasteiger partial charge in [0.05, 0.1) is 6.61 Å². The van der Waals surface area contributed by atoms with E-state index < -0.39 is 0 Å². The van der Waals surface area contributed by atoms with Crippen LogP contribution in [0.2, 0.25) is 0 Å². The molecule has 0 unspecified atom stereocenters. The summed E-state index contributed by atoms with van der Waals surface area (Å²) in [5.41, 5.74) is 0.560. The second-order valence-electron chi connectivity index (χ2n) is 5.53. The first kappa shape index (κ1) is 17.8. The van der Waals surface area contributed by atoms with Crippen LogP contribution in [0.5, 0.6) is 0 Å². The second-order valence-corrected chi connectivity index (χ2v) is 5.53. The highest BCUT2D eigenvalue weighted by molar-refractivity contribution is 5.95. The van der Waals surface area contributed by atoms with Crippen LogP contribution in [0.1, 0.15) is 30.1 Å². The zero-order valence-corrected chi connectivity index (χ0v) is 14.0. The summed E-state index contributed by atoms with van der Waals surface area (Å²) in [6.45, 7) is 7.57. The Morgan fingerprint density at radius 3 is 2.88 bits per heavy atom. The maximum atomic E-state index is 12.4. The minimum atomic E-state index is -0.283. The van der Waals surface area contributed by atoms with Crippen LogP contribution in [-0.4, -0.2) is 54.2 Å². The third-order valence-electron chi connectivity index (χ3n) is 3.81.